The molecule has 0 aromatic rings. The molecule has 0 saturated carbocycles. The first-order chi connectivity index (χ1) is 6.34. The molecule has 5 heteroatoms. The summed E-state index contributed by atoms with van der Waals surface area (Å²) in [6.45, 7) is 4.85. The van der Waals surface area contributed by atoms with Crippen LogP contribution in [0.3, 0.4) is 0 Å². The molecule has 3 N–H and O–H groups in total. The van der Waals surface area contributed by atoms with Crippen LogP contribution in [0.4, 0.5) is 4.79 Å². The highest BCUT2D eigenvalue weighted by Gasteiger charge is 2.32. The van der Waals surface area contributed by atoms with Gasteiger partial charge in [0.1, 0.15) is 0 Å². The molecule has 0 aliphatic rings. The average molecular weight is 205 g/mol. The van der Waals surface area contributed by atoms with E-state index in [1.165, 1.54) is 4.90 Å². The van der Waals surface area contributed by atoms with Gasteiger partial charge in [0.15, 0.2) is 0 Å². The first kappa shape index (κ1) is 13.2. The molecule has 0 aromatic carbocycles. The Morgan fingerprint density at radius 2 is 1.86 bits per heavy atom. The quantitative estimate of drug-likeness (QED) is 0.624. The lowest BCUT2D eigenvalue weighted by atomic mass is 10.0. The van der Waals surface area contributed by atoms with Gasteiger partial charge in [0.25, 0.3) is 0 Å². The van der Waals surface area contributed by atoms with Gasteiger partial charge in [-0.1, -0.05) is 0 Å². The molecular formula is C9H19NO4. The second-order valence-corrected chi connectivity index (χ2v) is 4.17. The fourth-order valence-corrected chi connectivity index (χ4v) is 1.44. The number of rotatable bonds is 4. The Labute approximate surface area is 84.0 Å². The van der Waals surface area contributed by atoms with Gasteiger partial charge in [-0.15, -0.1) is 0 Å². The van der Waals surface area contributed by atoms with Crippen molar-refractivity contribution in [1.29, 1.82) is 0 Å². The highest BCUT2D eigenvalue weighted by Crippen LogP contribution is 2.18. The normalized spacial score (nSPS) is 13.8. The Morgan fingerprint density at radius 1 is 1.36 bits per heavy atom. The van der Waals surface area contributed by atoms with Gasteiger partial charge in [-0.3, -0.25) is 4.90 Å². The van der Waals surface area contributed by atoms with Crippen molar-refractivity contribution in [2.75, 3.05) is 13.2 Å². The number of nitrogens with zero attached hydrogens (tertiary/aromatic N) is 1. The first-order valence-electron chi connectivity index (χ1n) is 4.58. The van der Waals surface area contributed by atoms with Crippen LogP contribution in [0.2, 0.25) is 0 Å². The van der Waals surface area contributed by atoms with Gasteiger partial charge < -0.3 is 15.3 Å². The second-order valence-electron chi connectivity index (χ2n) is 4.17. The van der Waals surface area contributed by atoms with Crippen molar-refractivity contribution in [2.24, 2.45) is 0 Å². The minimum Gasteiger partial charge on any atom is -0.465 e. The molecule has 0 fully saturated rings. The van der Waals surface area contributed by atoms with Gasteiger partial charge in [0.05, 0.1) is 12.6 Å². The highest BCUT2D eigenvalue weighted by atomic mass is 16.4. The lowest BCUT2D eigenvalue weighted by Crippen LogP contribution is -2.52. The van der Waals surface area contributed by atoms with Crippen LogP contribution in [0, 0.1) is 0 Å². The van der Waals surface area contributed by atoms with Crippen molar-refractivity contribution >= 4 is 6.09 Å². The zero-order valence-electron chi connectivity index (χ0n) is 8.90. The third-order valence-electron chi connectivity index (χ3n) is 1.97. The summed E-state index contributed by atoms with van der Waals surface area (Å²) in [7, 11) is 0. The number of amides is 1. The maximum Gasteiger partial charge on any atom is 0.408 e. The summed E-state index contributed by atoms with van der Waals surface area (Å²) in [6.07, 6.45) is -0.829. The Bertz CT molecular complexity index is 188. The zero-order valence-corrected chi connectivity index (χ0v) is 8.90. The Hall–Kier alpha value is -0.810. The molecule has 0 spiro atoms. The lowest BCUT2D eigenvalue weighted by Gasteiger charge is -2.38. The van der Waals surface area contributed by atoms with Crippen LogP contribution < -0.4 is 0 Å². The molecule has 0 unspecified atom stereocenters. The predicted molar refractivity (Wildman–Crippen MR) is 52.2 cm³/mol. The van der Waals surface area contributed by atoms with Gasteiger partial charge in [0.2, 0.25) is 0 Å². The Balaban J connectivity index is 4.70. The zero-order chi connectivity index (χ0) is 11.4. The van der Waals surface area contributed by atoms with Gasteiger partial charge in [0, 0.05) is 12.1 Å². The molecule has 14 heavy (non-hydrogen) atoms. The molecule has 0 radical (unpaired) electrons. The summed E-state index contributed by atoms with van der Waals surface area (Å²) in [5.41, 5.74) is -0.575. The molecule has 1 amide bonds. The van der Waals surface area contributed by atoms with E-state index in [9.17, 15) is 4.79 Å². The van der Waals surface area contributed by atoms with E-state index in [-0.39, 0.29) is 19.6 Å². The maximum absolute atomic E-state index is 11.0. The highest BCUT2D eigenvalue weighted by molar-refractivity contribution is 5.66. The summed E-state index contributed by atoms with van der Waals surface area (Å²) in [4.78, 5) is 12.1. The molecule has 0 aliphatic heterocycles. The maximum atomic E-state index is 11.0. The second kappa shape index (κ2) is 5.17. The van der Waals surface area contributed by atoms with Gasteiger partial charge in [-0.05, 0) is 27.2 Å². The van der Waals surface area contributed by atoms with E-state index in [1.54, 1.807) is 20.8 Å². The van der Waals surface area contributed by atoms with Crippen molar-refractivity contribution in [1.82, 2.24) is 4.90 Å². The van der Waals surface area contributed by atoms with Crippen LogP contribution in [-0.4, -0.2) is 51.1 Å². The summed E-state index contributed by atoms with van der Waals surface area (Å²) < 4.78 is 0. The molecule has 1 atom stereocenters. The average Bonchev–Trinajstić information content (AvgIpc) is 2.00. The number of carboxylic acid groups (broad SMARTS) is 1. The van der Waals surface area contributed by atoms with Crippen LogP contribution in [0.5, 0.6) is 0 Å². The van der Waals surface area contributed by atoms with E-state index in [0.29, 0.717) is 0 Å². The number of hydrogen-bond donors (Lipinski definition) is 3. The van der Waals surface area contributed by atoms with Crippen molar-refractivity contribution in [3.05, 3.63) is 0 Å². The number of hydrogen-bond acceptors (Lipinski definition) is 3. The third kappa shape index (κ3) is 3.51. The van der Waals surface area contributed by atoms with E-state index in [1.807, 2.05) is 0 Å². The minimum atomic E-state index is -1.08. The third-order valence-corrected chi connectivity index (χ3v) is 1.97. The molecule has 0 saturated heterocycles. The SMILES string of the molecule is CC(C)(C)N(C(=O)O)[C@H](CO)CCO. The molecule has 84 valence electrons. The largest absolute Gasteiger partial charge is 0.465 e. The van der Waals surface area contributed by atoms with E-state index >= 15 is 0 Å². The smallest absolute Gasteiger partial charge is 0.408 e. The molecule has 0 bridgehead atoms. The molecule has 0 heterocycles. The monoisotopic (exact) mass is 205 g/mol. The standard InChI is InChI=1S/C9H19NO4/c1-9(2,3)10(8(13)14)7(6-12)4-5-11/h7,11-12H,4-6H2,1-3H3,(H,13,14)/t7-/m0/s1. The molecule has 0 aromatic heterocycles. The summed E-state index contributed by atoms with van der Waals surface area (Å²) in [5, 5.41) is 26.7. The van der Waals surface area contributed by atoms with E-state index < -0.39 is 17.7 Å². The van der Waals surface area contributed by atoms with E-state index in [4.69, 9.17) is 15.3 Å². The Morgan fingerprint density at radius 3 is 2.07 bits per heavy atom. The summed E-state index contributed by atoms with van der Waals surface area (Å²) in [5.74, 6) is 0. The van der Waals surface area contributed by atoms with E-state index in [2.05, 4.69) is 0 Å². The van der Waals surface area contributed by atoms with Crippen LogP contribution in [0.15, 0.2) is 0 Å². The van der Waals surface area contributed by atoms with Crippen LogP contribution in [-0.2, 0) is 0 Å². The van der Waals surface area contributed by atoms with Crippen LogP contribution in [0.25, 0.3) is 0 Å². The fraction of sp³-hybridized carbons (Fsp3) is 0.889. The molecule has 0 aliphatic carbocycles. The van der Waals surface area contributed by atoms with Crippen LogP contribution in [0.1, 0.15) is 27.2 Å². The Kier molecular flexibility index (Phi) is 4.87. The lowest BCUT2D eigenvalue weighted by molar-refractivity contribution is 0.0365. The van der Waals surface area contributed by atoms with Crippen molar-refractivity contribution in [2.45, 2.75) is 38.8 Å². The van der Waals surface area contributed by atoms with Gasteiger partial charge in [-0.2, -0.15) is 0 Å². The summed E-state index contributed by atoms with van der Waals surface area (Å²) in [6, 6.07) is -0.544. The van der Waals surface area contributed by atoms with Crippen molar-refractivity contribution < 1.29 is 20.1 Å². The van der Waals surface area contributed by atoms with Crippen molar-refractivity contribution in [3.8, 4) is 0 Å². The fourth-order valence-electron chi connectivity index (χ4n) is 1.44. The van der Waals surface area contributed by atoms with E-state index in [0.717, 1.165) is 0 Å². The minimum absolute atomic E-state index is 0.134. The summed E-state index contributed by atoms with van der Waals surface area (Å²) >= 11 is 0. The van der Waals surface area contributed by atoms with Crippen LogP contribution >= 0.6 is 0 Å². The topological polar surface area (TPSA) is 81.0 Å². The number of aliphatic hydroxyl groups excluding tert-OH is 2. The van der Waals surface area contributed by atoms with Gasteiger partial charge >= 0.3 is 6.09 Å². The first-order valence-corrected chi connectivity index (χ1v) is 4.58. The molecular weight excluding hydrogens is 186 g/mol. The molecule has 5 nitrogen and oxygen atoms in total. The van der Waals surface area contributed by atoms with Gasteiger partial charge in [-0.25, -0.2) is 4.79 Å². The number of carbonyl (C=O) groups is 1. The number of aliphatic hydroxyl groups is 2. The van der Waals surface area contributed by atoms with Crippen molar-refractivity contribution in [3.63, 3.8) is 0 Å². The molecule has 0 rings (SSSR count). The predicted octanol–water partition coefficient (Wildman–Crippen LogP) is 0.508.